The number of fused-ring (bicyclic) bond motifs is 2. The number of carbonyl (C=O) groups is 1. The number of halogens is 2. The summed E-state index contributed by atoms with van der Waals surface area (Å²) >= 11 is 6.38. The van der Waals surface area contributed by atoms with Crippen molar-refractivity contribution in [1.82, 2.24) is 4.90 Å². The lowest BCUT2D eigenvalue weighted by atomic mass is 9.97. The van der Waals surface area contributed by atoms with Gasteiger partial charge in [-0.25, -0.2) is 4.39 Å². The molecule has 0 N–H and O–H groups in total. The maximum Gasteiger partial charge on any atom is 0.291 e. The highest BCUT2D eigenvalue weighted by Crippen LogP contribution is 2.42. The van der Waals surface area contributed by atoms with Gasteiger partial charge in [-0.05, 0) is 47.5 Å². The summed E-state index contributed by atoms with van der Waals surface area (Å²) < 4.78 is 30.6. The Balaban J connectivity index is 1.75. The molecule has 1 unspecified atom stereocenters. The topological polar surface area (TPSA) is 69.0 Å². The number of methoxy groups -OCH3 is 2. The minimum absolute atomic E-state index is 0.0663. The lowest BCUT2D eigenvalue weighted by molar-refractivity contribution is 0.0714. The Morgan fingerprint density at radius 1 is 1.00 bits per heavy atom. The molecule has 0 saturated carbocycles. The smallest absolute Gasteiger partial charge is 0.291 e. The molecule has 0 fully saturated rings. The first-order valence-corrected chi connectivity index (χ1v) is 10.8. The lowest BCUT2D eigenvalue weighted by Gasteiger charge is -2.26. The molecule has 1 aromatic heterocycles. The molecule has 0 aliphatic carbocycles. The van der Waals surface area contributed by atoms with Crippen LogP contribution in [-0.4, -0.2) is 25.0 Å². The van der Waals surface area contributed by atoms with Crippen molar-refractivity contribution < 1.29 is 23.1 Å². The summed E-state index contributed by atoms with van der Waals surface area (Å²) in [6.07, 6.45) is 0. The van der Waals surface area contributed by atoms with Gasteiger partial charge in [-0.2, -0.15) is 0 Å². The van der Waals surface area contributed by atoms with E-state index in [1.54, 1.807) is 30.3 Å². The molecule has 5 rings (SSSR count). The molecule has 1 aliphatic heterocycles. The molecule has 8 heteroatoms. The molecule has 0 radical (unpaired) electrons. The molecule has 1 aliphatic rings. The summed E-state index contributed by atoms with van der Waals surface area (Å²) in [7, 11) is 3.02. The third kappa shape index (κ3) is 3.49. The van der Waals surface area contributed by atoms with Gasteiger partial charge in [-0.1, -0.05) is 35.9 Å². The van der Waals surface area contributed by atoms with Crippen molar-refractivity contribution in [2.24, 2.45) is 0 Å². The Hall–Kier alpha value is -3.84. The van der Waals surface area contributed by atoms with Crippen molar-refractivity contribution in [3.63, 3.8) is 0 Å². The van der Waals surface area contributed by atoms with Crippen LogP contribution in [0.5, 0.6) is 11.5 Å². The van der Waals surface area contributed by atoms with Gasteiger partial charge < -0.3 is 18.8 Å². The van der Waals surface area contributed by atoms with Crippen LogP contribution in [0, 0.1) is 5.82 Å². The monoisotopic (exact) mass is 479 g/mol. The average molecular weight is 480 g/mol. The number of nitrogens with zero attached hydrogens (tertiary/aromatic N) is 1. The molecule has 6 nitrogen and oxygen atoms in total. The number of hydrogen-bond donors (Lipinski definition) is 0. The fourth-order valence-electron chi connectivity index (χ4n) is 4.34. The Bertz CT molecular complexity index is 1500. The van der Waals surface area contributed by atoms with Crippen LogP contribution in [0.1, 0.15) is 33.3 Å². The summed E-state index contributed by atoms with van der Waals surface area (Å²) in [5.41, 5.74) is 1.13. The maximum atomic E-state index is 14.0. The summed E-state index contributed by atoms with van der Waals surface area (Å²) in [6, 6.07) is 15.2. The molecule has 4 aromatic rings. The highest BCUT2D eigenvalue weighted by molar-refractivity contribution is 6.31. The number of hydrogen-bond acceptors (Lipinski definition) is 5. The van der Waals surface area contributed by atoms with Crippen LogP contribution in [0.4, 0.5) is 4.39 Å². The highest BCUT2D eigenvalue weighted by atomic mass is 35.5. The van der Waals surface area contributed by atoms with Crippen LogP contribution >= 0.6 is 11.6 Å². The first-order chi connectivity index (χ1) is 16.4. The van der Waals surface area contributed by atoms with Crippen LogP contribution < -0.4 is 14.9 Å². The van der Waals surface area contributed by atoms with Crippen LogP contribution in [0.25, 0.3) is 11.0 Å². The normalized spacial score (nSPS) is 15.0. The Kier molecular flexibility index (Phi) is 5.49. The Morgan fingerprint density at radius 3 is 2.50 bits per heavy atom. The zero-order chi connectivity index (χ0) is 24.0. The molecule has 3 aromatic carbocycles. The molecule has 34 heavy (non-hydrogen) atoms. The van der Waals surface area contributed by atoms with E-state index in [9.17, 15) is 14.0 Å². The molecular formula is C26H19ClFNO5. The van der Waals surface area contributed by atoms with Crippen molar-refractivity contribution in [1.29, 1.82) is 0 Å². The van der Waals surface area contributed by atoms with E-state index in [2.05, 4.69) is 0 Å². The van der Waals surface area contributed by atoms with Gasteiger partial charge in [0.2, 0.25) is 5.76 Å². The van der Waals surface area contributed by atoms with Gasteiger partial charge in [0, 0.05) is 11.6 Å². The number of rotatable bonds is 5. The zero-order valence-corrected chi connectivity index (χ0v) is 19.1. The third-order valence-electron chi connectivity index (χ3n) is 5.95. The zero-order valence-electron chi connectivity index (χ0n) is 18.3. The Morgan fingerprint density at radius 2 is 1.76 bits per heavy atom. The molecule has 2 heterocycles. The molecular weight excluding hydrogens is 461 g/mol. The van der Waals surface area contributed by atoms with E-state index in [1.165, 1.54) is 31.3 Å². The van der Waals surface area contributed by atoms with Gasteiger partial charge in [-0.3, -0.25) is 9.59 Å². The molecule has 0 bridgehead atoms. The van der Waals surface area contributed by atoms with E-state index < -0.39 is 23.2 Å². The van der Waals surface area contributed by atoms with Gasteiger partial charge in [0.25, 0.3) is 5.91 Å². The SMILES string of the molecule is COc1ccc(C2c3c(oc4ccc(F)cc4c3=O)C(=O)N2Cc2ccccc2Cl)cc1OC. The maximum absolute atomic E-state index is 14.0. The predicted octanol–water partition coefficient (Wildman–Crippen LogP) is 5.35. The van der Waals surface area contributed by atoms with Gasteiger partial charge in [0.05, 0.1) is 31.2 Å². The fourth-order valence-corrected chi connectivity index (χ4v) is 4.53. The van der Waals surface area contributed by atoms with Crippen molar-refractivity contribution >= 4 is 28.5 Å². The summed E-state index contributed by atoms with van der Waals surface area (Å²) in [6.45, 7) is 0.131. The fraction of sp³-hybridized carbons (Fsp3) is 0.154. The van der Waals surface area contributed by atoms with Gasteiger partial charge in [0.15, 0.2) is 16.9 Å². The number of amides is 1. The van der Waals surface area contributed by atoms with Crippen LogP contribution in [-0.2, 0) is 6.54 Å². The van der Waals surface area contributed by atoms with E-state index in [4.69, 9.17) is 25.5 Å². The van der Waals surface area contributed by atoms with Crippen LogP contribution in [0.2, 0.25) is 5.02 Å². The highest BCUT2D eigenvalue weighted by Gasteiger charge is 2.43. The quantitative estimate of drug-likeness (QED) is 0.386. The van der Waals surface area contributed by atoms with Crippen molar-refractivity contribution in [3.8, 4) is 11.5 Å². The second-order valence-corrected chi connectivity index (χ2v) is 8.26. The van der Waals surface area contributed by atoms with Gasteiger partial charge in [-0.15, -0.1) is 0 Å². The van der Waals surface area contributed by atoms with E-state index >= 15 is 0 Å². The number of ether oxygens (including phenoxy) is 2. The molecule has 1 amide bonds. The first-order valence-electron chi connectivity index (χ1n) is 10.5. The third-order valence-corrected chi connectivity index (χ3v) is 6.32. The van der Waals surface area contributed by atoms with Crippen molar-refractivity contribution in [3.05, 3.63) is 104 Å². The molecule has 1 atom stereocenters. The van der Waals surface area contributed by atoms with Crippen LogP contribution in [0.3, 0.4) is 0 Å². The lowest BCUT2D eigenvalue weighted by Crippen LogP contribution is -2.29. The first kappa shape index (κ1) is 22.0. The number of carbonyl (C=O) groups excluding carboxylic acids is 1. The van der Waals surface area contributed by atoms with E-state index in [-0.39, 0.29) is 28.8 Å². The molecule has 172 valence electrons. The minimum atomic E-state index is -0.803. The second kappa shape index (κ2) is 8.50. The van der Waals surface area contributed by atoms with Gasteiger partial charge >= 0.3 is 0 Å². The predicted molar refractivity (Wildman–Crippen MR) is 125 cm³/mol. The van der Waals surface area contributed by atoms with Gasteiger partial charge in [0.1, 0.15) is 11.4 Å². The van der Waals surface area contributed by atoms with E-state index in [0.29, 0.717) is 27.6 Å². The van der Waals surface area contributed by atoms with Crippen LogP contribution in [0.15, 0.2) is 69.9 Å². The van der Waals surface area contributed by atoms with E-state index in [0.717, 1.165) is 6.07 Å². The summed E-state index contributed by atoms with van der Waals surface area (Å²) in [5, 5.41) is 0.556. The summed E-state index contributed by atoms with van der Waals surface area (Å²) in [4.78, 5) is 28.6. The van der Waals surface area contributed by atoms with E-state index in [1.807, 2.05) is 12.1 Å². The molecule has 0 saturated heterocycles. The molecule has 0 spiro atoms. The minimum Gasteiger partial charge on any atom is -0.493 e. The Labute approximate surface area is 199 Å². The number of benzene rings is 3. The standard InChI is InChI=1S/C26H19ClFNO5/c1-32-20-9-7-14(11-21(20)33-2)23-22-24(30)17-12-16(28)8-10-19(17)34-25(22)26(31)29(23)13-15-5-3-4-6-18(15)27/h3-12,23H,13H2,1-2H3. The second-order valence-electron chi connectivity index (χ2n) is 7.86. The average Bonchev–Trinajstić information content (AvgIpc) is 3.12. The largest absolute Gasteiger partial charge is 0.493 e. The summed E-state index contributed by atoms with van der Waals surface area (Å²) in [5.74, 6) is -0.162. The van der Waals surface area contributed by atoms with Crippen molar-refractivity contribution in [2.45, 2.75) is 12.6 Å². The van der Waals surface area contributed by atoms with Crippen molar-refractivity contribution in [2.75, 3.05) is 14.2 Å².